The van der Waals surface area contributed by atoms with Crippen LogP contribution in [-0.2, 0) is 11.8 Å². The molecule has 0 aliphatic heterocycles. The number of anilines is 1. The molecule has 0 saturated heterocycles. The summed E-state index contributed by atoms with van der Waals surface area (Å²) in [5, 5.41) is 27.2. The summed E-state index contributed by atoms with van der Waals surface area (Å²) in [4.78, 5) is 21.3. The van der Waals surface area contributed by atoms with Gasteiger partial charge in [0.2, 0.25) is 5.82 Å². The molecule has 8 nitrogen and oxygen atoms in total. The Balaban J connectivity index is 2.87. The minimum atomic E-state index is -0.837. The van der Waals surface area contributed by atoms with E-state index < -0.39 is 10.9 Å². The van der Waals surface area contributed by atoms with Crippen molar-refractivity contribution in [3.63, 3.8) is 0 Å². The van der Waals surface area contributed by atoms with Gasteiger partial charge in [-0.05, 0) is 19.8 Å². The van der Waals surface area contributed by atoms with Crippen LogP contribution < -0.4 is 5.32 Å². The molecule has 0 spiro atoms. The zero-order chi connectivity index (χ0) is 16.2. The first kappa shape index (κ1) is 16.9. The zero-order valence-electron chi connectivity index (χ0n) is 12.8. The number of rotatable bonds is 8. The molecule has 0 aromatic carbocycles. The van der Waals surface area contributed by atoms with Crippen LogP contribution >= 0.6 is 0 Å². The van der Waals surface area contributed by atoms with Crippen LogP contribution in [0, 0.1) is 10.1 Å². The second-order valence-corrected chi connectivity index (χ2v) is 5.45. The predicted molar refractivity (Wildman–Crippen MR) is 78.5 cm³/mol. The van der Waals surface area contributed by atoms with Gasteiger partial charge in [0.05, 0.1) is 4.92 Å². The minimum absolute atomic E-state index is 0.00224. The van der Waals surface area contributed by atoms with E-state index in [4.69, 9.17) is 5.11 Å². The average Bonchev–Trinajstić information content (AvgIpc) is 2.66. The molecule has 0 bridgehead atoms. The van der Waals surface area contributed by atoms with E-state index in [1.807, 2.05) is 20.8 Å². The van der Waals surface area contributed by atoms with Crippen LogP contribution in [-0.4, -0.2) is 31.8 Å². The van der Waals surface area contributed by atoms with Gasteiger partial charge in [0.25, 0.3) is 0 Å². The van der Waals surface area contributed by atoms with Gasteiger partial charge in [0.15, 0.2) is 0 Å². The van der Waals surface area contributed by atoms with Crippen LogP contribution in [0.5, 0.6) is 0 Å². The smallest absolute Gasteiger partial charge is 0.334 e. The number of nitro groups is 1. The van der Waals surface area contributed by atoms with Crippen LogP contribution in [0.4, 0.5) is 11.5 Å². The fourth-order valence-corrected chi connectivity index (χ4v) is 2.13. The summed E-state index contributed by atoms with van der Waals surface area (Å²) in [6, 6.07) is -0.0709. The Morgan fingerprint density at radius 1 is 1.48 bits per heavy atom. The van der Waals surface area contributed by atoms with Crippen molar-refractivity contribution in [3.05, 3.63) is 15.8 Å². The third kappa shape index (κ3) is 4.44. The van der Waals surface area contributed by atoms with E-state index in [9.17, 15) is 14.9 Å². The molecule has 1 heterocycles. The molecule has 0 aliphatic carbocycles. The summed E-state index contributed by atoms with van der Waals surface area (Å²) in [6.45, 7) is 5.58. The van der Waals surface area contributed by atoms with Crippen molar-refractivity contribution in [2.24, 2.45) is 7.05 Å². The van der Waals surface area contributed by atoms with Crippen LogP contribution in [0.25, 0.3) is 0 Å². The maximum Gasteiger partial charge on any atom is 0.334 e. The first-order valence-corrected chi connectivity index (χ1v) is 6.93. The highest BCUT2D eigenvalue weighted by Crippen LogP contribution is 2.33. The van der Waals surface area contributed by atoms with Gasteiger partial charge in [-0.2, -0.15) is 5.10 Å². The second kappa shape index (κ2) is 7.05. The Labute approximate surface area is 123 Å². The van der Waals surface area contributed by atoms with E-state index in [0.29, 0.717) is 24.4 Å². The van der Waals surface area contributed by atoms with Gasteiger partial charge < -0.3 is 10.4 Å². The van der Waals surface area contributed by atoms with Gasteiger partial charge in [-0.25, -0.2) is 4.68 Å². The third-order valence-electron chi connectivity index (χ3n) is 3.19. The first-order valence-electron chi connectivity index (χ1n) is 6.93. The van der Waals surface area contributed by atoms with Crippen molar-refractivity contribution < 1.29 is 14.8 Å². The highest BCUT2D eigenvalue weighted by molar-refractivity contribution is 5.66. The van der Waals surface area contributed by atoms with E-state index in [-0.39, 0.29) is 24.1 Å². The Morgan fingerprint density at radius 2 is 2.10 bits per heavy atom. The molecule has 8 heteroatoms. The normalized spacial score (nSPS) is 12.4. The van der Waals surface area contributed by atoms with E-state index in [1.54, 1.807) is 7.05 Å². The lowest BCUT2D eigenvalue weighted by Crippen LogP contribution is -2.18. The van der Waals surface area contributed by atoms with Crippen molar-refractivity contribution in [3.8, 4) is 0 Å². The SMILES string of the molecule is CC(CCCC(=O)O)Nc1c([N+](=O)[O-])c(C(C)C)nn1C. The molecule has 0 amide bonds. The maximum absolute atomic E-state index is 11.3. The number of nitrogens with zero attached hydrogens (tertiary/aromatic N) is 3. The molecule has 1 unspecified atom stereocenters. The Kier molecular flexibility index (Phi) is 5.69. The minimum Gasteiger partial charge on any atom is -0.481 e. The van der Waals surface area contributed by atoms with E-state index in [1.165, 1.54) is 4.68 Å². The number of hydrogen-bond donors (Lipinski definition) is 2. The average molecular weight is 298 g/mol. The quantitative estimate of drug-likeness (QED) is 0.563. The fourth-order valence-electron chi connectivity index (χ4n) is 2.13. The van der Waals surface area contributed by atoms with Gasteiger partial charge >= 0.3 is 11.7 Å². The van der Waals surface area contributed by atoms with E-state index in [2.05, 4.69) is 10.4 Å². The molecule has 1 aromatic rings. The number of hydrogen-bond acceptors (Lipinski definition) is 5. The van der Waals surface area contributed by atoms with Crippen molar-refractivity contribution >= 4 is 17.5 Å². The highest BCUT2D eigenvalue weighted by atomic mass is 16.6. The number of aryl methyl sites for hydroxylation is 1. The molecular weight excluding hydrogens is 276 g/mol. The number of aliphatic carboxylic acids is 1. The third-order valence-corrected chi connectivity index (χ3v) is 3.19. The summed E-state index contributed by atoms with van der Waals surface area (Å²) in [5.74, 6) is -0.517. The lowest BCUT2D eigenvalue weighted by Gasteiger charge is -2.14. The number of nitrogens with one attached hydrogen (secondary N) is 1. The molecule has 0 fully saturated rings. The standard InChI is InChI=1S/C13H22N4O4/c1-8(2)11-12(17(20)21)13(16(4)15-11)14-9(3)6-5-7-10(18)19/h8-9,14H,5-7H2,1-4H3,(H,18,19). The van der Waals surface area contributed by atoms with Crippen molar-refractivity contribution in [2.75, 3.05) is 5.32 Å². The lowest BCUT2D eigenvalue weighted by molar-refractivity contribution is -0.384. The maximum atomic E-state index is 11.3. The van der Waals surface area contributed by atoms with Crippen LogP contribution in [0.1, 0.15) is 51.6 Å². The summed E-state index contributed by atoms with van der Waals surface area (Å²) < 4.78 is 1.47. The zero-order valence-corrected chi connectivity index (χ0v) is 12.8. The summed E-state index contributed by atoms with van der Waals surface area (Å²) in [5.41, 5.74) is 0.445. The molecule has 0 saturated carbocycles. The molecule has 2 N–H and O–H groups in total. The topological polar surface area (TPSA) is 110 Å². The molecule has 1 aromatic heterocycles. The predicted octanol–water partition coefficient (Wildman–Crippen LogP) is 2.51. The molecule has 118 valence electrons. The Morgan fingerprint density at radius 3 is 2.57 bits per heavy atom. The number of carboxylic acid groups (broad SMARTS) is 1. The summed E-state index contributed by atoms with van der Waals surface area (Å²) in [7, 11) is 1.66. The largest absolute Gasteiger partial charge is 0.481 e. The van der Waals surface area contributed by atoms with Crippen molar-refractivity contribution in [2.45, 2.75) is 52.0 Å². The molecule has 1 atom stereocenters. The number of carboxylic acids is 1. The van der Waals surface area contributed by atoms with Crippen LogP contribution in [0.2, 0.25) is 0 Å². The monoisotopic (exact) mass is 298 g/mol. The van der Waals surface area contributed by atoms with Gasteiger partial charge in [-0.1, -0.05) is 13.8 Å². The van der Waals surface area contributed by atoms with E-state index in [0.717, 1.165) is 0 Å². The Bertz CT molecular complexity index is 524. The van der Waals surface area contributed by atoms with Crippen LogP contribution in [0.3, 0.4) is 0 Å². The first-order chi connectivity index (χ1) is 9.73. The molecule has 0 aliphatic rings. The molecule has 0 radical (unpaired) electrons. The second-order valence-electron chi connectivity index (χ2n) is 5.45. The molecular formula is C13H22N4O4. The van der Waals surface area contributed by atoms with Crippen LogP contribution in [0.15, 0.2) is 0 Å². The van der Waals surface area contributed by atoms with Gasteiger partial charge in [-0.3, -0.25) is 14.9 Å². The summed E-state index contributed by atoms with van der Waals surface area (Å²) in [6.07, 6.45) is 1.23. The summed E-state index contributed by atoms with van der Waals surface area (Å²) >= 11 is 0. The van der Waals surface area contributed by atoms with Gasteiger partial charge in [0.1, 0.15) is 5.69 Å². The van der Waals surface area contributed by atoms with Crippen molar-refractivity contribution in [1.82, 2.24) is 9.78 Å². The fraction of sp³-hybridized carbons (Fsp3) is 0.692. The van der Waals surface area contributed by atoms with Crippen molar-refractivity contribution in [1.29, 1.82) is 0 Å². The Hall–Kier alpha value is -2.12. The molecule has 21 heavy (non-hydrogen) atoms. The lowest BCUT2D eigenvalue weighted by atomic mass is 10.1. The van der Waals surface area contributed by atoms with Gasteiger partial charge in [0, 0.05) is 25.4 Å². The molecule has 1 rings (SSSR count). The number of carbonyl (C=O) groups is 1. The number of aromatic nitrogens is 2. The highest BCUT2D eigenvalue weighted by Gasteiger charge is 2.29. The van der Waals surface area contributed by atoms with E-state index >= 15 is 0 Å². The van der Waals surface area contributed by atoms with Gasteiger partial charge in [-0.15, -0.1) is 0 Å².